The topological polar surface area (TPSA) is 74.7 Å². The number of fused-ring (bicyclic) bond motifs is 1. The van der Waals surface area contributed by atoms with Crippen LogP contribution in [0.3, 0.4) is 0 Å². The minimum absolute atomic E-state index is 0.0370. The molecule has 5 nitrogen and oxygen atoms in total. The first-order chi connectivity index (χ1) is 12.3. The lowest BCUT2D eigenvalue weighted by Crippen LogP contribution is -2.36. The van der Waals surface area contributed by atoms with Crippen LogP contribution in [0.15, 0.2) is 65.6 Å². The van der Waals surface area contributed by atoms with Crippen molar-refractivity contribution in [3.05, 3.63) is 70.7 Å². The number of sulfonamides is 1. The van der Waals surface area contributed by atoms with E-state index in [1.807, 2.05) is 18.2 Å². The molecule has 0 aliphatic rings. The fourth-order valence-electron chi connectivity index (χ4n) is 2.64. The highest BCUT2D eigenvalue weighted by Crippen LogP contribution is 2.34. The molecule has 0 amide bonds. The normalized spacial score (nSPS) is 11.5. The summed E-state index contributed by atoms with van der Waals surface area (Å²) in [5.74, 6) is -1.29. The zero-order valence-electron chi connectivity index (χ0n) is 13.3. The van der Waals surface area contributed by atoms with E-state index in [0.717, 1.165) is 9.69 Å². The predicted molar refractivity (Wildman–Crippen MR) is 103 cm³/mol. The van der Waals surface area contributed by atoms with Crippen LogP contribution in [0.25, 0.3) is 10.8 Å². The Morgan fingerprint density at radius 2 is 1.69 bits per heavy atom. The minimum atomic E-state index is -4.26. The number of halogens is 2. The zero-order chi connectivity index (χ0) is 18.9. The van der Waals surface area contributed by atoms with Gasteiger partial charge in [0, 0.05) is 10.4 Å². The molecule has 0 aliphatic carbocycles. The molecule has 0 atom stereocenters. The summed E-state index contributed by atoms with van der Waals surface area (Å²) in [5.41, 5.74) is 0.251. The summed E-state index contributed by atoms with van der Waals surface area (Å²) < 4.78 is 27.2. The van der Waals surface area contributed by atoms with Gasteiger partial charge in [0.2, 0.25) is 0 Å². The number of rotatable bonds is 5. The van der Waals surface area contributed by atoms with E-state index in [1.165, 1.54) is 18.2 Å². The lowest BCUT2D eigenvalue weighted by Gasteiger charge is -2.24. The number of benzene rings is 3. The van der Waals surface area contributed by atoms with E-state index in [1.54, 1.807) is 24.3 Å². The van der Waals surface area contributed by atoms with Crippen molar-refractivity contribution < 1.29 is 18.3 Å². The summed E-state index contributed by atoms with van der Waals surface area (Å²) in [6.07, 6.45) is 0. The molecule has 0 bridgehead atoms. The lowest BCUT2D eigenvalue weighted by molar-refractivity contribution is -0.135. The molecule has 3 aromatic carbocycles. The molecule has 0 spiro atoms. The second kappa shape index (κ2) is 7.15. The lowest BCUT2D eigenvalue weighted by atomic mass is 10.1. The highest BCUT2D eigenvalue weighted by molar-refractivity contribution is 7.93. The molecule has 26 heavy (non-hydrogen) atoms. The maximum Gasteiger partial charge on any atom is 0.324 e. The van der Waals surface area contributed by atoms with Crippen LogP contribution in [-0.4, -0.2) is 26.0 Å². The van der Waals surface area contributed by atoms with Gasteiger partial charge in [-0.2, -0.15) is 0 Å². The molecule has 0 aromatic heterocycles. The van der Waals surface area contributed by atoms with E-state index in [0.29, 0.717) is 5.39 Å². The number of hydrogen-bond acceptors (Lipinski definition) is 3. The third-order valence-electron chi connectivity index (χ3n) is 3.78. The third-order valence-corrected chi connectivity index (χ3v) is 6.25. The smallest absolute Gasteiger partial charge is 0.324 e. The summed E-state index contributed by atoms with van der Waals surface area (Å²) in [5, 5.41) is 10.8. The van der Waals surface area contributed by atoms with Crippen LogP contribution >= 0.6 is 23.2 Å². The Morgan fingerprint density at radius 3 is 2.42 bits per heavy atom. The Kier molecular flexibility index (Phi) is 5.09. The number of aliphatic carboxylic acids is 1. The molecule has 1 N–H and O–H groups in total. The molecule has 0 aliphatic heterocycles. The summed E-state index contributed by atoms with van der Waals surface area (Å²) in [6, 6.07) is 16.2. The van der Waals surface area contributed by atoms with Crippen molar-refractivity contribution in [2.24, 2.45) is 0 Å². The Bertz CT molecular complexity index is 1090. The van der Waals surface area contributed by atoms with Crippen molar-refractivity contribution in [2.45, 2.75) is 4.90 Å². The molecule has 0 saturated carbocycles. The molecule has 8 heteroatoms. The average molecular weight is 410 g/mol. The first-order valence-electron chi connectivity index (χ1n) is 7.48. The van der Waals surface area contributed by atoms with Gasteiger partial charge in [-0.15, -0.1) is 0 Å². The number of carboxylic acid groups (broad SMARTS) is 1. The number of anilines is 1. The fraction of sp³-hybridized carbons (Fsp3) is 0.0556. The van der Waals surface area contributed by atoms with Crippen molar-refractivity contribution in [3.63, 3.8) is 0 Å². The maximum atomic E-state index is 13.2. The SMILES string of the molecule is O=C(O)CN(c1cccc2ccccc12)S(=O)(=O)c1cc(Cl)ccc1Cl. The molecule has 0 fully saturated rings. The van der Waals surface area contributed by atoms with Gasteiger partial charge < -0.3 is 5.11 Å². The van der Waals surface area contributed by atoms with Crippen LogP contribution < -0.4 is 4.31 Å². The van der Waals surface area contributed by atoms with Gasteiger partial charge in [-0.05, 0) is 29.7 Å². The van der Waals surface area contributed by atoms with Crippen LogP contribution in [0.4, 0.5) is 5.69 Å². The minimum Gasteiger partial charge on any atom is -0.480 e. The van der Waals surface area contributed by atoms with Crippen LogP contribution in [0.1, 0.15) is 0 Å². The van der Waals surface area contributed by atoms with Crippen molar-refractivity contribution in [3.8, 4) is 0 Å². The molecule has 3 aromatic rings. The van der Waals surface area contributed by atoms with Crippen molar-refractivity contribution in [1.29, 1.82) is 0 Å². The summed E-state index contributed by atoms with van der Waals surface area (Å²) in [6.45, 7) is -0.751. The van der Waals surface area contributed by atoms with Crippen LogP contribution in [0, 0.1) is 0 Å². The van der Waals surface area contributed by atoms with Gasteiger partial charge in [0.1, 0.15) is 11.4 Å². The number of carbonyl (C=O) groups is 1. The highest BCUT2D eigenvalue weighted by Gasteiger charge is 2.30. The summed E-state index contributed by atoms with van der Waals surface area (Å²) in [7, 11) is -4.26. The van der Waals surface area contributed by atoms with Gasteiger partial charge in [0.25, 0.3) is 10.0 Å². The van der Waals surface area contributed by atoms with Gasteiger partial charge in [-0.3, -0.25) is 9.10 Å². The van der Waals surface area contributed by atoms with E-state index in [2.05, 4.69) is 0 Å². The average Bonchev–Trinajstić information content (AvgIpc) is 2.61. The first-order valence-corrected chi connectivity index (χ1v) is 9.67. The highest BCUT2D eigenvalue weighted by atomic mass is 35.5. The zero-order valence-corrected chi connectivity index (χ0v) is 15.6. The van der Waals surface area contributed by atoms with Crippen LogP contribution in [-0.2, 0) is 14.8 Å². The van der Waals surface area contributed by atoms with Crippen LogP contribution in [0.2, 0.25) is 10.0 Å². The second-order valence-corrected chi connectivity index (χ2v) is 8.15. The van der Waals surface area contributed by atoms with Gasteiger partial charge in [-0.25, -0.2) is 8.42 Å². The van der Waals surface area contributed by atoms with Gasteiger partial charge >= 0.3 is 5.97 Å². The molecule has 0 heterocycles. The third kappa shape index (κ3) is 3.49. The number of carboxylic acids is 1. The largest absolute Gasteiger partial charge is 0.480 e. The van der Waals surface area contributed by atoms with Gasteiger partial charge in [-0.1, -0.05) is 59.6 Å². The summed E-state index contributed by atoms with van der Waals surface area (Å²) in [4.78, 5) is 11.1. The van der Waals surface area contributed by atoms with Gasteiger partial charge in [0.15, 0.2) is 0 Å². The van der Waals surface area contributed by atoms with E-state index in [-0.39, 0.29) is 20.6 Å². The predicted octanol–water partition coefficient (Wildman–Crippen LogP) is 4.43. The molecule has 0 unspecified atom stereocenters. The molecule has 0 saturated heterocycles. The van der Waals surface area contributed by atoms with E-state index < -0.39 is 22.5 Å². The number of hydrogen-bond donors (Lipinski definition) is 1. The van der Waals surface area contributed by atoms with E-state index in [9.17, 15) is 18.3 Å². The maximum absolute atomic E-state index is 13.2. The molecule has 134 valence electrons. The first kappa shape index (κ1) is 18.5. The van der Waals surface area contributed by atoms with Crippen LogP contribution in [0.5, 0.6) is 0 Å². The van der Waals surface area contributed by atoms with Crippen molar-refractivity contribution in [1.82, 2.24) is 0 Å². The molecule has 3 rings (SSSR count). The number of nitrogens with zero attached hydrogens (tertiary/aromatic N) is 1. The second-order valence-electron chi connectivity index (χ2n) is 5.48. The van der Waals surface area contributed by atoms with E-state index in [4.69, 9.17) is 23.2 Å². The summed E-state index contributed by atoms with van der Waals surface area (Å²) >= 11 is 12.0. The Hall–Kier alpha value is -2.28. The molecular weight excluding hydrogens is 397 g/mol. The van der Waals surface area contributed by atoms with Crippen molar-refractivity contribution in [2.75, 3.05) is 10.8 Å². The quantitative estimate of drug-likeness (QED) is 0.676. The fourth-order valence-corrected chi connectivity index (χ4v) is 4.82. The Labute approximate surface area is 160 Å². The Morgan fingerprint density at radius 1 is 1.00 bits per heavy atom. The molecular formula is C18H13Cl2NO4S. The van der Waals surface area contributed by atoms with Gasteiger partial charge in [0.05, 0.1) is 10.7 Å². The monoisotopic (exact) mass is 409 g/mol. The van der Waals surface area contributed by atoms with Crippen molar-refractivity contribution >= 4 is 55.7 Å². The standard InChI is InChI=1S/C18H13Cl2NO4S/c19-13-8-9-15(20)17(10-13)26(24,25)21(11-18(22)23)16-7-3-5-12-4-1-2-6-14(12)16/h1-10H,11H2,(H,22,23). The molecule has 0 radical (unpaired) electrons. The van der Waals surface area contributed by atoms with E-state index >= 15 is 0 Å². The Balaban J connectivity index is 2.26.